The molecule has 0 spiro atoms. The summed E-state index contributed by atoms with van der Waals surface area (Å²) in [5.41, 5.74) is 7.79. The molecule has 1 saturated heterocycles. The molecule has 9 nitrogen and oxygen atoms in total. The number of nitrogen functional groups attached to an aromatic ring is 1. The first kappa shape index (κ1) is 30.0. The van der Waals surface area contributed by atoms with Gasteiger partial charge in [-0.15, -0.1) is 0 Å². The van der Waals surface area contributed by atoms with E-state index in [9.17, 15) is 17.6 Å². The van der Waals surface area contributed by atoms with Gasteiger partial charge < -0.3 is 15.4 Å². The Kier molecular flexibility index (Phi) is 8.91. The number of hydrogen-bond donors (Lipinski definition) is 2. The second-order valence-corrected chi connectivity index (χ2v) is 12.6. The minimum Gasteiger partial charge on any atom is -0.493 e. The Bertz CT molecular complexity index is 1730. The van der Waals surface area contributed by atoms with Crippen molar-refractivity contribution in [2.45, 2.75) is 37.6 Å². The molecule has 2 aromatic heterocycles. The van der Waals surface area contributed by atoms with Crippen LogP contribution in [-0.2, 0) is 10.0 Å². The fourth-order valence-electron chi connectivity index (χ4n) is 5.06. The van der Waals surface area contributed by atoms with Crippen molar-refractivity contribution < 1.29 is 25.2 Å². The van der Waals surface area contributed by atoms with Crippen LogP contribution in [0.3, 0.4) is 0 Å². The summed E-state index contributed by atoms with van der Waals surface area (Å²) in [7, 11) is -4.32. The maximum Gasteiger partial charge on any atom is 0.281 e. The lowest BCUT2D eigenvalue weighted by Crippen LogP contribution is -2.38. The van der Waals surface area contributed by atoms with E-state index in [1.807, 2.05) is 36.9 Å². The van der Waals surface area contributed by atoms with Crippen molar-refractivity contribution in [2.75, 3.05) is 30.3 Å². The van der Waals surface area contributed by atoms with E-state index in [1.54, 1.807) is 12.1 Å². The van der Waals surface area contributed by atoms with Crippen LogP contribution < -0.4 is 20.1 Å². The number of ether oxygens (including phenoxy) is 1. The monoisotopic (exact) mass is 607 g/mol. The Morgan fingerprint density at radius 2 is 1.88 bits per heavy atom. The van der Waals surface area contributed by atoms with Crippen LogP contribution in [0.2, 0.25) is 0 Å². The summed E-state index contributed by atoms with van der Waals surface area (Å²) in [5, 5.41) is -0.372. The van der Waals surface area contributed by atoms with E-state index < -0.39 is 21.7 Å². The summed E-state index contributed by atoms with van der Waals surface area (Å²) in [6.45, 7) is 5.60. The molecule has 11 heteroatoms. The molecular formula is C32H38FN5O4S. The number of anilines is 2. The first-order chi connectivity index (χ1) is 20.6. The van der Waals surface area contributed by atoms with Crippen LogP contribution in [0.5, 0.6) is 5.75 Å². The number of pyridine rings is 2. The van der Waals surface area contributed by atoms with E-state index in [-0.39, 0.29) is 31.1 Å². The van der Waals surface area contributed by atoms with Crippen molar-refractivity contribution in [1.29, 1.82) is 0 Å². The highest BCUT2D eigenvalue weighted by Gasteiger charge is 2.29. The molecule has 228 valence electrons. The lowest BCUT2D eigenvalue weighted by Gasteiger charge is -2.35. The van der Waals surface area contributed by atoms with E-state index in [0.29, 0.717) is 42.5 Å². The minimum atomic E-state index is -4.32. The number of sulfonamides is 1. The SMILES string of the molecule is CC(C)COc1cc(F)cc(-c2ccc(C(=O)NS(=O)(=O)c3cccc(N)n3)c(N3CCC[C@@H](c4ccccc4)C3)n2)c1.[HH].[HH]. The van der Waals surface area contributed by atoms with Crippen molar-refractivity contribution in [1.82, 2.24) is 14.7 Å². The Labute approximate surface area is 254 Å². The molecule has 1 amide bonds. The molecular weight excluding hydrogens is 569 g/mol. The number of nitrogens with zero attached hydrogens (tertiary/aromatic N) is 3. The number of piperidine rings is 1. The highest BCUT2D eigenvalue weighted by molar-refractivity contribution is 7.90. The number of aromatic nitrogens is 2. The molecule has 1 aliphatic rings. The van der Waals surface area contributed by atoms with Crippen molar-refractivity contribution in [3.63, 3.8) is 0 Å². The summed E-state index contributed by atoms with van der Waals surface area (Å²) >= 11 is 0. The molecule has 1 aliphatic heterocycles. The number of hydrogen-bond acceptors (Lipinski definition) is 8. The van der Waals surface area contributed by atoms with Gasteiger partial charge in [-0.25, -0.2) is 19.1 Å². The molecule has 0 saturated carbocycles. The van der Waals surface area contributed by atoms with Crippen molar-refractivity contribution in [3.05, 3.63) is 95.8 Å². The maximum atomic E-state index is 14.7. The fraction of sp³-hybridized carbons (Fsp3) is 0.281. The average molecular weight is 608 g/mol. The van der Waals surface area contributed by atoms with Gasteiger partial charge in [-0.1, -0.05) is 50.2 Å². The molecule has 0 radical (unpaired) electrons. The number of rotatable bonds is 9. The summed E-state index contributed by atoms with van der Waals surface area (Å²) in [5.74, 6) is -0.220. The number of nitrogens with two attached hydrogens (primary N) is 1. The molecule has 0 bridgehead atoms. The zero-order chi connectivity index (χ0) is 30.6. The van der Waals surface area contributed by atoms with Gasteiger partial charge in [0.15, 0.2) is 5.03 Å². The van der Waals surface area contributed by atoms with Crippen LogP contribution in [0, 0.1) is 11.7 Å². The number of carbonyl (C=O) groups is 1. The van der Waals surface area contributed by atoms with Gasteiger partial charge in [0.1, 0.15) is 23.2 Å². The summed E-state index contributed by atoms with van der Waals surface area (Å²) in [6.07, 6.45) is 1.79. The molecule has 5 rings (SSSR count). The number of carbonyl (C=O) groups excluding carboxylic acids is 1. The van der Waals surface area contributed by atoms with Crippen molar-refractivity contribution in [2.24, 2.45) is 5.92 Å². The quantitative estimate of drug-likeness (QED) is 0.241. The molecule has 2 aromatic carbocycles. The Morgan fingerprint density at radius 3 is 2.63 bits per heavy atom. The summed E-state index contributed by atoms with van der Waals surface area (Å²) in [4.78, 5) is 24.2. The third-order valence-electron chi connectivity index (χ3n) is 7.11. The molecule has 3 N–H and O–H groups in total. The van der Waals surface area contributed by atoms with Crippen molar-refractivity contribution >= 4 is 27.6 Å². The Hall–Kier alpha value is -4.51. The molecule has 1 atom stereocenters. The maximum absolute atomic E-state index is 14.7. The molecule has 43 heavy (non-hydrogen) atoms. The zero-order valence-electron chi connectivity index (χ0n) is 24.0. The van der Waals surface area contributed by atoms with Crippen LogP contribution >= 0.6 is 0 Å². The molecule has 0 aliphatic carbocycles. The lowest BCUT2D eigenvalue weighted by atomic mass is 9.90. The van der Waals surface area contributed by atoms with E-state index in [4.69, 9.17) is 15.5 Å². The van der Waals surface area contributed by atoms with Gasteiger partial charge in [-0.05, 0) is 60.7 Å². The van der Waals surface area contributed by atoms with Gasteiger partial charge in [0.05, 0.1) is 17.9 Å². The van der Waals surface area contributed by atoms with E-state index in [1.165, 1.54) is 42.0 Å². The van der Waals surface area contributed by atoms with Crippen molar-refractivity contribution in [3.8, 4) is 17.0 Å². The van der Waals surface area contributed by atoms with Crippen LogP contribution in [0.15, 0.2) is 83.9 Å². The van der Waals surface area contributed by atoms with E-state index in [0.717, 1.165) is 12.8 Å². The third kappa shape index (κ3) is 7.29. The van der Waals surface area contributed by atoms with Crippen LogP contribution in [-0.4, -0.2) is 44.0 Å². The lowest BCUT2D eigenvalue weighted by molar-refractivity contribution is 0.0981. The number of nitrogens with one attached hydrogen (secondary N) is 1. The Balaban J connectivity index is 0.00000276. The standard InChI is InChI=1S/C32H34FN5O4S.2H2/c1-21(2)20-42-26-17-24(16-25(33)18-26)28-14-13-27(32(39)37-43(40,41)30-12-6-11-29(34)36-30)31(35-28)38-15-7-10-23(19-38)22-8-4-3-5-9-22;;/h3-6,8-9,11-14,16-18,21,23H,7,10,15,19-20H2,1-2H3,(H2,34,36)(H,37,39);2*1H/t23-;;/m1../s1. The van der Waals surface area contributed by atoms with Gasteiger partial charge in [0.25, 0.3) is 15.9 Å². The third-order valence-corrected chi connectivity index (χ3v) is 8.34. The molecule has 3 heterocycles. The normalized spacial score (nSPS) is 15.3. The summed E-state index contributed by atoms with van der Waals surface area (Å²) in [6, 6.07) is 21.7. The van der Waals surface area contributed by atoms with Gasteiger partial charge in [0.2, 0.25) is 0 Å². The molecule has 4 aromatic rings. The predicted molar refractivity (Wildman–Crippen MR) is 168 cm³/mol. The summed E-state index contributed by atoms with van der Waals surface area (Å²) < 4.78 is 48.6. The van der Waals surface area contributed by atoms with Gasteiger partial charge in [0, 0.05) is 33.5 Å². The number of benzene rings is 2. The molecule has 0 unspecified atom stereocenters. The number of amides is 1. The fourth-order valence-corrected chi connectivity index (χ4v) is 6.00. The number of halogens is 1. The first-order valence-corrected chi connectivity index (χ1v) is 15.6. The van der Waals surface area contributed by atoms with E-state index >= 15 is 0 Å². The second-order valence-electron chi connectivity index (χ2n) is 11.0. The van der Waals surface area contributed by atoms with Gasteiger partial charge in [-0.2, -0.15) is 8.42 Å². The largest absolute Gasteiger partial charge is 0.493 e. The smallest absolute Gasteiger partial charge is 0.281 e. The Morgan fingerprint density at radius 1 is 1.09 bits per heavy atom. The highest BCUT2D eigenvalue weighted by Crippen LogP contribution is 2.33. The predicted octanol–water partition coefficient (Wildman–Crippen LogP) is 5.89. The van der Waals surface area contributed by atoms with Gasteiger partial charge >= 0.3 is 0 Å². The van der Waals surface area contributed by atoms with E-state index in [2.05, 4.69) is 21.8 Å². The average Bonchev–Trinajstić information content (AvgIpc) is 3.00. The second kappa shape index (κ2) is 12.8. The first-order valence-electron chi connectivity index (χ1n) is 14.1. The molecule has 1 fully saturated rings. The highest BCUT2D eigenvalue weighted by atomic mass is 32.2. The topological polar surface area (TPSA) is 128 Å². The van der Waals surface area contributed by atoms with Crippen LogP contribution in [0.25, 0.3) is 11.3 Å². The zero-order valence-corrected chi connectivity index (χ0v) is 24.9. The minimum absolute atomic E-state index is 0. The van der Waals surface area contributed by atoms with Gasteiger partial charge in [-0.3, -0.25) is 4.79 Å². The van der Waals surface area contributed by atoms with Crippen LogP contribution in [0.4, 0.5) is 16.0 Å². The van der Waals surface area contributed by atoms with Crippen LogP contribution in [0.1, 0.15) is 51.4 Å².